The summed E-state index contributed by atoms with van der Waals surface area (Å²) < 4.78 is 51.3. The van der Waals surface area contributed by atoms with Crippen molar-refractivity contribution in [1.82, 2.24) is 10.2 Å². The van der Waals surface area contributed by atoms with Gasteiger partial charge in [-0.1, -0.05) is 12.1 Å². The summed E-state index contributed by atoms with van der Waals surface area (Å²) in [6, 6.07) is 12.4. The number of ether oxygens (including phenoxy) is 3. The van der Waals surface area contributed by atoms with Gasteiger partial charge in [-0.25, -0.2) is 0 Å². The van der Waals surface area contributed by atoms with Gasteiger partial charge in [-0.2, -0.15) is 0 Å². The maximum atomic E-state index is 12.5. The van der Waals surface area contributed by atoms with E-state index in [9.17, 15) is 18.0 Å². The minimum Gasteiger partial charge on any atom is -0.497 e. The number of nitrogens with one attached hydrogen (secondary N) is 1. The van der Waals surface area contributed by atoms with Crippen molar-refractivity contribution in [3.8, 4) is 11.5 Å². The van der Waals surface area contributed by atoms with Crippen LogP contribution in [0.3, 0.4) is 0 Å². The molecule has 0 bridgehead atoms. The Bertz CT molecular complexity index is 820. The highest BCUT2D eigenvalue weighted by atomic mass is 19.4. The maximum Gasteiger partial charge on any atom is 0.573 e. The lowest BCUT2D eigenvalue weighted by molar-refractivity contribution is -0.274. The fourth-order valence-corrected chi connectivity index (χ4v) is 3.27. The first-order chi connectivity index (χ1) is 14.4. The molecule has 0 aliphatic carbocycles. The van der Waals surface area contributed by atoms with E-state index in [2.05, 4.69) is 15.0 Å². The van der Waals surface area contributed by atoms with Gasteiger partial charge in [0.05, 0.1) is 26.4 Å². The van der Waals surface area contributed by atoms with Gasteiger partial charge in [0.25, 0.3) is 5.91 Å². The maximum absolute atomic E-state index is 12.5. The second-order valence-electron chi connectivity index (χ2n) is 6.72. The molecule has 1 aliphatic rings. The lowest BCUT2D eigenvalue weighted by Gasteiger charge is -2.35. The van der Waals surface area contributed by atoms with E-state index >= 15 is 0 Å². The number of hydrogen-bond donors (Lipinski definition) is 1. The molecule has 1 fully saturated rings. The Balaban J connectivity index is 1.67. The first-order valence-electron chi connectivity index (χ1n) is 9.45. The van der Waals surface area contributed by atoms with Gasteiger partial charge in [0, 0.05) is 25.2 Å². The highest BCUT2D eigenvalue weighted by Gasteiger charge is 2.31. The number of carbonyl (C=O) groups excluding carboxylic acids is 1. The zero-order valence-electron chi connectivity index (χ0n) is 16.4. The fraction of sp³-hybridized carbons (Fsp3) is 0.381. The molecule has 1 saturated heterocycles. The molecule has 6 nitrogen and oxygen atoms in total. The molecule has 30 heavy (non-hydrogen) atoms. The number of methoxy groups -OCH3 is 1. The number of rotatable bonds is 7. The summed E-state index contributed by atoms with van der Waals surface area (Å²) in [5, 5.41) is 2.88. The van der Waals surface area contributed by atoms with E-state index in [0.29, 0.717) is 19.8 Å². The molecule has 2 aromatic carbocycles. The first kappa shape index (κ1) is 21.9. The van der Waals surface area contributed by atoms with Gasteiger partial charge >= 0.3 is 6.36 Å². The van der Waals surface area contributed by atoms with Crippen molar-refractivity contribution >= 4 is 5.91 Å². The average Bonchev–Trinajstić information content (AvgIpc) is 2.74. The molecular weight excluding hydrogens is 401 g/mol. The number of nitrogens with zero attached hydrogens (tertiary/aromatic N) is 1. The van der Waals surface area contributed by atoms with Crippen LogP contribution in [0, 0.1) is 0 Å². The number of alkyl halides is 3. The standard InChI is InChI=1S/C21H23F3N2O4/c1-28-17-6-2-15(3-7-17)19(26-10-12-29-13-11-26)14-25-20(27)16-4-8-18(9-5-16)30-21(22,23)24/h2-9,19H,10-14H2,1H3,(H,25,27). The van der Waals surface area contributed by atoms with Crippen molar-refractivity contribution in [2.75, 3.05) is 40.0 Å². The molecule has 9 heteroatoms. The summed E-state index contributed by atoms with van der Waals surface area (Å²) in [6.45, 7) is 3.03. The molecule has 1 aliphatic heterocycles. The average molecular weight is 424 g/mol. The third kappa shape index (κ3) is 6.11. The van der Waals surface area contributed by atoms with Crippen LogP contribution in [0.15, 0.2) is 48.5 Å². The van der Waals surface area contributed by atoms with Crippen molar-refractivity contribution in [3.63, 3.8) is 0 Å². The number of hydrogen-bond acceptors (Lipinski definition) is 5. The topological polar surface area (TPSA) is 60.0 Å². The number of carbonyl (C=O) groups is 1. The Morgan fingerprint density at radius 2 is 1.67 bits per heavy atom. The zero-order valence-corrected chi connectivity index (χ0v) is 16.4. The molecule has 1 heterocycles. The van der Waals surface area contributed by atoms with Crippen molar-refractivity contribution < 1.29 is 32.2 Å². The van der Waals surface area contributed by atoms with Crippen LogP contribution in [0.5, 0.6) is 11.5 Å². The molecule has 1 unspecified atom stereocenters. The Morgan fingerprint density at radius 3 is 2.23 bits per heavy atom. The smallest absolute Gasteiger partial charge is 0.497 e. The Kier molecular flexibility index (Phi) is 7.17. The van der Waals surface area contributed by atoms with Crippen LogP contribution in [-0.2, 0) is 4.74 Å². The van der Waals surface area contributed by atoms with E-state index < -0.39 is 6.36 Å². The molecule has 0 spiro atoms. The summed E-state index contributed by atoms with van der Waals surface area (Å²) in [5.74, 6) is -0.00603. The Hall–Kier alpha value is -2.78. The quantitative estimate of drug-likeness (QED) is 0.739. The number of benzene rings is 2. The van der Waals surface area contributed by atoms with Crippen LogP contribution in [0.4, 0.5) is 13.2 Å². The summed E-state index contributed by atoms with van der Waals surface area (Å²) in [5.41, 5.74) is 1.27. The number of halogens is 3. The Morgan fingerprint density at radius 1 is 1.07 bits per heavy atom. The largest absolute Gasteiger partial charge is 0.573 e. The normalized spacial score (nSPS) is 16.0. The summed E-state index contributed by atoms with van der Waals surface area (Å²) in [7, 11) is 1.60. The fourth-order valence-electron chi connectivity index (χ4n) is 3.27. The predicted octanol–water partition coefficient (Wildman–Crippen LogP) is 3.40. The van der Waals surface area contributed by atoms with Crippen molar-refractivity contribution in [2.24, 2.45) is 0 Å². The molecule has 162 valence electrons. The van der Waals surface area contributed by atoms with Crippen LogP contribution < -0.4 is 14.8 Å². The molecular formula is C21H23F3N2O4. The first-order valence-corrected chi connectivity index (χ1v) is 9.45. The van der Waals surface area contributed by atoms with Crippen molar-refractivity contribution in [1.29, 1.82) is 0 Å². The minimum atomic E-state index is -4.77. The van der Waals surface area contributed by atoms with E-state index in [4.69, 9.17) is 9.47 Å². The summed E-state index contributed by atoms with van der Waals surface area (Å²) >= 11 is 0. The van der Waals surface area contributed by atoms with Gasteiger partial charge in [-0.3, -0.25) is 9.69 Å². The lowest BCUT2D eigenvalue weighted by atomic mass is 10.0. The van der Waals surface area contributed by atoms with E-state index in [1.54, 1.807) is 7.11 Å². The van der Waals surface area contributed by atoms with Gasteiger partial charge in [-0.15, -0.1) is 13.2 Å². The van der Waals surface area contributed by atoms with Crippen LogP contribution >= 0.6 is 0 Å². The van der Waals surface area contributed by atoms with Crippen molar-refractivity contribution in [3.05, 3.63) is 59.7 Å². The van der Waals surface area contributed by atoms with Gasteiger partial charge in [0.15, 0.2) is 0 Å². The van der Waals surface area contributed by atoms with E-state index in [0.717, 1.165) is 36.5 Å². The SMILES string of the molecule is COc1ccc(C(CNC(=O)c2ccc(OC(F)(F)F)cc2)N2CCOCC2)cc1. The van der Waals surface area contributed by atoms with Gasteiger partial charge < -0.3 is 19.5 Å². The molecule has 1 N–H and O–H groups in total. The minimum absolute atomic E-state index is 0.0726. The predicted molar refractivity (Wildman–Crippen MR) is 104 cm³/mol. The van der Waals surface area contributed by atoms with Crippen LogP contribution in [0.2, 0.25) is 0 Å². The molecule has 0 radical (unpaired) electrons. The third-order valence-corrected chi connectivity index (χ3v) is 4.79. The molecule has 1 atom stereocenters. The number of amides is 1. The van der Waals surface area contributed by atoms with E-state index in [-0.39, 0.29) is 23.3 Å². The summed E-state index contributed by atoms with van der Waals surface area (Å²) in [4.78, 5) is 14.8. The van der Waals surface area contributed by atoms with Gasteiger partial charge in [-0.05, 0) is 42.0 Å². The molecule has 0 aromatic heterocycles. The lowest BCUT2D eigenvalue weighted by Crippen LogP contribution is -2.43. The van der Waals surface area contributed by atoms with Crippen LogP contribution in [0.25, 0.3) is 0 Å². The van der Waals surface area contributed by atoms with E-state index in [1.165, 1.54) is 12.1 Å². The highest BCUT2D eigenvalue weighted by molar-refractivity contribution is 5.94. The van der Waals surface area contributed by atoms with E-state index in [1.807, 2.05) is 24.3 Å². The molecule has 1 amide bonds. The molecule has 0 saturated carbocycles. The summed E-state index contributed by atoms with van der Waals surface area (Å²) in [6.07, 6.45) is -4.77. The van der Waals surface area contributed by atoms with Gasteiger partial charge in [0.2, 0.25) is 0 Å². The zero-order chi connectivity index (χ0) is 21.6. The monoisotopic (exact) mass is 424 g/mol. The molecule has 3 rings (SSSR count). The van der Waals surface area contributed by atoms with Gasteiger partial charge in [0.1, 0.15) is 11.5 Å². The molecule has 2 aromatic rings. The second kappa shape index (κ2) is 9.82. The third-order valence-electron chi connectivity index (χ3n) is 4.79. The van der Waals surface area contributed by atoms with Crippen LogP contribution in [0.1, 0.15) is 22.0 Å². The van der Waals surface area contributed by atoms with Crippen LogP contribution in [-0.4, -0.2) is 57.1 Å². The second-order valence-corrected chi connectivity index (χ2v) is 6.72. The van der Waals surface area contributed by atoms with Crippen molar-refractivity contribution in [2.45, 2.75) is 12.4 Å². The highest BCUT2D eigenvalue weighted by Crippen LogP contribution is 2.25. The number of morpholine rings is 1. The Labute approximate surface area is 172 Å².